The largest absolute Gasteiger partial charge is 0.371 e. The summed E-state index contributed by atoms with van der Waals surface area (Å²) < 4.78 is 26.6. The van der Waals surface area contributed by atoms with Crippen LogP contribution >= 0.6 is 23.1 Å². The molecule has 4 amide bonds. The van der Waals surface area contributed by atoms with Gasteiger partial charge in [0, 0.05) is 61.4 Å². The maximum Gasteiger partial charge on any atom is 0.315 e. The Morgan fingerprint density at radius 2 is 1.95 bits per heavy atom. The van der Waals surface area contributed by atoms with E-state index in [0.717, 1.165) is 60.1 Å². The molecule has 15 heteroatoms. The second kappa shape index (κ2) is 13.2. The third-order valence-corrected chi connectivity index (χ3v) is 12.0. The molecule has 0 saturated carbocycles. The summed E-state index contributed by atoms with van der Waals surface area (Å²) >= 11 is 3.14. The lowest BCUT2D eigenvalue weighted by molar-refractivity contribution is -0.121. The van der Waals surface area contributed by atoms with E-state index in [1.54, 1.807) is 18.3 Å². The van der Waals surface area contributed by atoms with Gasteiger partial charge in [0.25, 0.3) is 5.91 Å². The molecule has 4 N–H and O–H groups in total. The number of thioether (sulfide) groups is 1. The number of unbranched alkanes of at least 4 members (excludes halogenated alkanes) is 1. The van der Waals surface area contributed by atoms with Crippen molar-refractivity contribution in [1.29, 1.82) is 0 Å². The number of fused-ring (bicyclic) bond motifs is 1. The Bertz CT molecular complexity index is 1420. The summed E-state index contributed by atoms with van der Waals surface area (Å²) in [4.78, 5) is 44.5. The molecule has 0 radical (unpaired) electrons. The number of urea groups is 1. The Balaban J connectivity index is 1.12. The van der Waals surface area contributed by atoms with Gasteiger partial charge in [-0.1, -0.05) is 17.8 Å². The Labute approximate surface area is 254 Å². The van der Waals surface area contributed by atoms with E-state index in [-0.39, 0.29) is 34.5 Å². The Kier molecular flexibility index (Phi) is 9.60. The Morgan fingerprint density at radius 1 is 1.17 bits per heavy atom. The summed E-state index contributed by atoms with van der Waals surface area (Å²) in [6.07, 6.45) is 6.71. The van der Waals surface area contributed by atoms with Gasteiger partial charge in [-0.15, -0.1) is 0 Å². The number of rotatable bonds is 12. The molecule has 3 saturated heterocycles. The minimum Gasteiger partial charge on any atom is -0.371 e. The molecule has 1 aromatic heterocycles. The van der Waals surface area contributed by atoms with Crippen molar-refractivity contribution in [2.45, 2.75) is 67.3 Å². The summed E-state index contributed by atoms with van der Waals surface area (Å²) in [5.41, 5.74) is 0.978. The minimum absolute atomic E-state index is 0.0454. The first kappa shape index (κ1) is 30.6. The van der Waals surface area contributed by atoms with Crippen molar-refractivity contribution in [2.24, 2.45) is 0 Å². The fourth-order valence-corrected chi connectivity index (χ4v) is 8.68. The van der Waals surface area contributed by atoms with Crippen molar-refractivity contribution < 1.29 is 22.8 Å². The maximum atomic E-state index is 13.4. The standard InChI is InChI=1S/C27H37N7O5S3/c1-33(2)42(38,39)18-9-10-21(34-11-5-6-12-34)19(13-18)25(36)32-27-29-15-17(41-27)14-28-23(35)8-4-3-7-22-24-20(16-40-22)30-26(37)31-24/h9-10,13,15,20,22,24H,3-8,11-12,14,16H2,1-2H3,(H,28,35)(H,29,32,36)(H2,30,31,37)/t20-,22-,24-/m0/s1. The van der Waals surface area contributed by atoms with Gasteiger partial charge in [0.05, 0.1) is 29.1 Å². The molecular formula is C27H37N7O5S3. The molecule has 0 unspecified atom stereocenters. The number of amides is 4. The Hall–Kier alpha value is -2.88. The van der Waals surface area contributed by atoms with Gasteiger partial charge in [-0.2, -0.15) is 11.8 Å². The van der Waals surface area contributed by atoms with Crippen LogP contribution in [-0.4, -0.2) is 85.8 Å². The smallest absolute Gasteiger partial charge is 0.315 e. The van der Waals surface area contributed by atoms with E-state index in [1.807, 2.05) is 11.8 Å². The van der Waals surface area contributed by atoms with Crippen LogP contribution in [0.3, 0.4) is 0 Å². The third-order valence-electron chi connectivity index (χ3n) is 7.75. The van der Waals surface area contributed by atoms with Gasteiger partial charge in [0.1, 0.15) is 0 Å². The number of nitrogens with one attached hydrogen (secondary N) is 4. The lowest BCUT2D eigenvalue weighted by Crippen LogP contribution is -2.36. The summed E-state index contributed by atoms with van der Waals surface area (Å²) in [5.74, 6) is 0.448. The summed E-state index contributed by atoms with van der Waals surface area (Å²) in [7, 11) is -0.799. The van der Waals surface area contributed by atoms with Gasteiger partial charge in [-0.25, -0.2) is 22.5 Å². The first-order valence-corrected chi connectivity index (χ1v) is 17.5. The van der Waals surface area contributed by atoms with Crippen molar-refractivity contribution in [2.75, 3.05) is 43.2 Å². The zero-order chi connectivity index (χ0) is 29.9. The van der Waals surface area contributed by atoms with Crippen LogP contribution in [0.5, 0.6) is 0 Å². The van der Waals surface area contributed by atoms with Crippen molar-refractivity contribution in [1.82, 2.24) is 25.2 Å². The number of hydrogen-bond donors (Lipinski definition) is 4. The minimum atomic E-state index is -3.71. The molecule has 5 rings (SSSR count). The number of carbonyl (C=O) groups excluding carboxylic acids is 3. The number of anilines is 2. The molecule has 228 valence electrons. The van der Waals surface area contributed by atoms with Crippen molar-refractivity contribution >= 4 is 61.8 Å². The fourth-order valence-electron chi connectivity index (χ4n) is 5.46. The highest BCUT2D eigenvalue weighted by Gasteiger charge is 2.42. The van der Waals surface area contributed by atoms with Gasteiger partial charge in [0.15, 0.2) is 5.13 Å². The molecule has 0 aliphatic carbocycles. The van der Waals surface area contributed by atoms with Gasteiger partial charge in [-0.05, 0) is 43.9 Å². The van der Waals surface area contributed by atoms with Crippen LogP contribution in [0.4, 0.5) is 15.6 Å². The summed E-state index contributed by atoms with van der Waals surface area (Å²) in [5, 5.41) is 12.4. The average molecular weight is 636 g/mol. The van der Waals surface area contributed by atoms with Crippen LogP contribution in [0.25, 0.3) is 0 Å². The highest BCUT2D eigenvalue weighted by molar-refractivity contribution is 8.00. The SMILES string of the molecule is CN(C)S(=O)(=O)c1ccc(N2CCCC2)c(C(=O)Nc2ncc(CNC(=O)CCCC[C@@H]3SC[C@@H]4NC(=O)N[C@@H]43)s2)c1. The van der Waals surface area contributed by atoms with E-state index in [0.29, 0.717) is 29.0 Å². The van der Waals surface area contributed by atoms with Crippen molar-refractivity contribution in [3.8, 4) is 0 Å². The molecular weight excluding hydrogens is 599 g/mol. The number of nitrogens with zero attached hydrogens (tertiary/aromatic N) is 3. The molecule has 1 aromatic carbocycles. The van der Waals surface area contributed by atoms with Crippen LogP contribution in [0.1, 0.15) is 53.8 Å². The normalized spacial score (nSPS) is 21.7. The van der Waals surface area contributed by atoms with E-state index < -0.39 is 15.9 Å². The van der Waals surface area contributed by atoms with Crippen LogP contribution in [0.2, 0.25) is 0 Å². The molecule has 0 bridgehead atoms. The van der Waals surface area contributed by atoms with Crippen LogP contribution in [0.15, 0.2) is 29.3 Å². The number of carbonyl (C=O) groups is 3. The predicted molar refractivity (Wildman–Crippen MR) is 165 cm³/mol. The van der Waals surface area contributed by atoms with E-state index in [4.69, 9.17) is 0 Å². The maximum absolute atomic E-state index is 13.4. The molecule has 3 fully saturated rings. The van der Waals surface area contributed by atoms with E-state index in [9.17, 15) is 22.8 Å². The molecule has 4 heterocycles. The van der Waals surface area contributed by atoms with Gasteiger partial charge < -0.3 is 20.9 Å². The second-order valence-corrected chi connectivity index (χ2v) is 15.4. The van der Waals surface area contributed by atoms with Gasteiger partial charge >= 0.3 is 6.03 Å². The quantitative estimate of drug-likeness (QED) is 0.205. The number of aromatic nitrogens is 1. The lowest BCUT2D eigenvalue weighted by atomic mass is 10.0. The van der Waals surface area contributed by atoms with E-state index in [1.165, 1.54) is 31.5 Å². The van der Waals surface area contributed by atoms with Gasteiger partial charge in [0.2, 0.25) is 15.9 Å². The zero-order valence-corrected chi connectivity index (χ0v) is 26.2. The third kappa shape index (κ3) is 7.01. The first-order valence-electron chi connectivity index (χ1n) is 14.1. The highest BCUT2D eigenvalue weighted by atomic mass is 32.2. The van der Waals surface area contributed by atoms with Crippen molar-refractivity contribution in [3.63, 3.8) is 0 Å². The molecule has 3 aliphatic rings. The first-order chi connectivity index (χ1) is 20.1. The van der Waals surface area contributed by atoms with Crippen LogP contribution in [-0.2, 0) is 21.4 Å². The molecule has 12 nitrogen and oxygen atoms in total. The second-order valence-electron chi connectivity index (χ2n) is 10.9. The molecule has 3 atom stereocenters. The van der Waals surface area contributed by atoms with Crippen LogP contribution < -0.4 is 26.2 Å². The van der Waals surface area contributed by atoms with E-state index in [2.05, 4.69) is 31.2 Å². The molecule has 2 aromatic rings. The van der Waals surface area contributed by atoms with E-state index >= 15 is 0 Å². The summed E-state index contributed by atoms with van der Waals surface area (Å²) in [6, 6.07) is 4.97. The topological polar surface area (TPSA) is 153 Å². The summed E-state index contributed by atoms with van der Waals surface area (Å²) in [6.45, 7) is 1.91. The molecule has 3 aliphatic heterocycles. The van der Waals surface area contributed by atoms with Crippen molar-refractivity contribution in [3.05, 3.63) is 34.8 Å². The number of sulfonamides is 1. The fraction of sp³-hybridized carbons (Fsp3) is 0.556. The lowest BCUT2D eigenvalue weighted by Gasteiger charge is -2.22. The number of hydrogen-bond acceptors (Lipinski definition) is 9. The Morgan fingerprint density at radius 3 is 2.71 bits per heavy atom. The molecule has 42 heavy (non-hydrogen) atoms. The number of benzene rings is 1. The monoisotopic (exact) mass is 635 g/mol. The molecule has 0 spiro atoms. The average Bonchev–Trinajstić information content (AvgIpc) is 3.76. The highest BCUT2D eigenvalue weighted by Crippen LogP contribution is 2.33. The predicted octanol–water partition coefficient (Wildman–Crippen LogP) is 2.59. The van der Waals surface area contributed by atoms with Crippen LogP contribution in [0, 0.1) is 0 Å². The zero-order valence-electron chi connectivity index (χ0n) is 23.7. The number of thiazole rings is 1. The van der Waals surface area contributed by atoms with Gasteiger partial charge in [-0.3, -0.25) is 14.9 Å².